The van der Waals surface area contributed by atoms with Crippen LogP contribution in [-0.4, -0.2) is 0 Å². The van der Waals surface area contributed by atoms with Gasteiger partial charge in [0, 0.05) is 5.02 Å². The Morgan fingerprint density at radius 1 is 1.36 bits per heavy atom. The van der Waals surface area contributed by atoms with Crippen molar-refractivity contribution in [2.24, 2.45) is 0 Å². The molecule has 0 saturated carbocycles. The number of allylic oxidation sites excluding steroid dienone is 1. The minimum atomic E-state index is 0.0484. The van der Waals surface area contributed by atoms with E-state index in [2.05, 4.69) is 0 Å². The Hall–Kier alpha value is -0.950. The normalized spacial score (nSPS) is 11.6. The number of rotatable bonds is 1. The zero-order valence-electron chi connectivity index (χ0n) is 6.17. The van der Waals surface area contributed by atoms with E-state index in [9.17, 15) is 5.11 Å². The lowest BCUT2D eigenvalue weighted by Gasteiger charge is -2.02. The van der Waals surface area contributed by atoms with Crippen molar-refractivity contribution in [3.63, 3.8) is 0 Å². The Labute approximate surface area is 70.9 Å². The van der Waals surface area contributed by atoms with E-state index < -0.39 is 0 Å². The summed E-state index contributed by atoms with van der Waals surface area (Å²) in [6.45, 7) is 1.52. The molecule has 0 fully saturated rings. The highest BCUT2D eigenvalue weighted by atomic mass is 35.5. The Morgan fingerprint density at radius 3 is 2.36 bits per heavy atom. The van der Waals surface area contributed by atoms with Gasteiger partial charge < -0.3 is 5.11 Å². The van der Waals surface area contributed by atoms with E-state index in [4.69, 9.17) is 11.6 Å². The first kappa shape index (κ1) is 8.15. The Balaban J connectivity index is 2.91. The summed E-state index contributed by atoms with van der Waals surface area (Å²) in [5.74, 6) is 0.0484. The van der Waals surface area contributed by atoms with Gasteiger partial charge in [-0.3, -0.25) is 0 Å². The van der Waals surface area contributed by atoms with Crippen LogP contribution in [0.3, 0.4) is 0 Å². The molecule has 0 spiro atoms. The van der Waals surface area contributed by atoms with Crippen LogP contribution in [0.4, 0.5) is 0 Å². The largest absolute Gasteiger partial charge is 0.876 e. The van der Waals surface area contributed by atoms with E-state index >= 15 is 0 Å². The van der Waals surface area contributed by atoms with E-state index in [0.717, 1.165) is 5.56 Å². The monoisotopic (exact) mass is 167 g/mol. The topological polar surface area (TPSA) is 23.1 Å². The second kappa shape index (κ2) is 3.44. The van der Waals surface area contributed by atoms with Gasteiger partial charge in [-0.2, -0.15) is 0 Å². The summed E-state index contributed by atoms with van der Waals surface area (Å²) in [4.78, 5) is 0. The molecule has 0 unspecified atom stereocenters. The van der Waals surface area contributed by atoms with E-state index in [-0.39, 0.29) is 5.76 Å². The molecular weight excluding hydrogens is 160 g/mol. The van der Waals surface area contributed by atoms with Crippen LogP contribution in [0.2, 0.25) is 5.02 Å². The van der Waals surface area contributed by atoms with Crippen molar-refractivity contribution in [1.29, 1.82) is 0 Å². The molecule has 58 valence electrons. The number of halogens is 1. The van der Waals surface area contributed by atoms with Crippen LogP contribution in [-0.2, 0) is 0 Å². The molecule has 1 aromatic rings. The smallest absolute Gasteiger partial charge is 0.0406 e. The van der Waals surface area contributed by atoms with Crippen molar-refractivity contribution in [3.05, 3.63) is 40.6 Å². The van der Waals surface area contributed by atoms with E-state index in [1.807, 2.05) is 12.1 Å². The molecule has 0 atom stereocenters. The molecule has 0 N–H and O–H groups in total. The number of hydrogen-bond donors (Lipinski definition) is 0. The summed E-state index contributed by atoms with van der Waals surface area (Å²) in [5, 5.41) is 11.3. The van der Waals surface area contributed by atoms with E-state index in [1.54, 1.807) is 18.2 Å². The lowest BCUT2D eigenvalue weighted by molar-refractivity contribution is -0.299. The van der Waals surface area contributed by atoms with Crippen molar-refractivity contribution in [1.82, 2.24) is 0 Å². The zero-order chi connectivity index (χ0) is 8.27. The highest BCUT2D eigenvalue weighted by molar-refractivity contribution is 6.30. The predicted molar refractivity (Wildman–Crippen MR) is 45.1 cm³/mol. The highest BCUT2D eigenvalue weighted by Crippen LogP contribution is 2.10. The minimum Gasteiger partial charge on any atom is -0.876 e. The summed E-state index contributed by atoms with van der Waals surface area (Å²) in [5.41, 5.74) is 0.891. The summed E-state index contributed by atoms with van der Waals surface area (Å²) < 4.78 is 0. The molecule has 0 aliphatic carbocycles. The maximum atomic E-state index is 10.6. The van der Waals surface area contributed by atoms with Gasteiger partial charge in [0.1, 0.15) is 0 Å². The van der Waals surface area contributed by atoms with Gasteiger partial charge in [-0.15, -0.1) is 5.76 Å². The zero-order valence-corrected chi connectivity index (χ0v) is 6.93. The third-order valence-corrected chi connectivity index (χ3v) is 1.49. The molecule has 0 aliphatic heterocycles. The van der Waals surface area contributed by atoms with Gasteiger partial charge in [-0.1, -0.05) is 36.7 Å². The summed E-state index contributed by atoms with van der Waals surface area (Å²) in [6.07, 6.45) is 1.57. The standard InChI is InChI=1S/C9H9ClO/c1-7(11)6-8-2-4-9(10)5-3-8/h2-6,11H,1H3/p-1/b7-6-. The summed E-state index contributed by atoms with van der Waals surface area (Å²) >= 11 is 5.65. The number of benzene rings is 1. The fourth-order valence-electron chi connectivity index (χ4n) is 0.794. The van der Waals surface area contributed by atoms with Crippen molar-refractivity contribution in [3.8, 4) is 0 Å². The van der Waals surface area contributed by atoms with Gasteiger partial charge in [-0.25, -0.2) is 0 Å². The third kappa shape index (κ3) is 2.64. The molecule has 1 aromatic carbocycles. The van der Waals surface area contributed by atoms with E-state index in [1.165, 1.54) is 6.92 Å². The second-order valence-electron chi connectivity index (χ2n) is 2.31. The third-order valence-electron chi connectivity index (χ3n) is 1.24. The minimum absolute atomic E-state index is 0.0484. The molecule has 0 amide bonds. The maximum Gasteiger partial charge on any atom is 0.0406 e. The average Bonchev–Trinajstić information content (AvgIpc) is 1.93. The fraction of sp³-hybridized carbons (Fsp3) is 0.111. The van der Waals surface area contributed by atoms with Crippen LogP contribution in [0.25, 0.3) is 6.08 Å². The Bertz CT molecular complexity index is 257. The van der Waals surface area contributed by atoms with Crippen LogP contribution in [0, 0.1) is 0 Å². The molecule has 0 saturated heterocycles. The van der Waals surface area contributed by atoms with Gasteiger partial charge in [0.25, 0.3) is 0 Å². The van der Waals surface area contributed by atoms with Gasteiger partial charge in [0.2, 0.25) is 0 Å². The van der Waals surface area contributed by atoms with Crippen LogP contribution < -0.4 is 5.11 Å². The van der Waals surface area contributed by atoms with Crippen molar-refractivity contribution >= 4 is 17.7 Å². The van der Waals surface area contributed by atoms with Crippen LogP contribution in [0.5, 0.6) is 0 Å². The fourth-order valence-corrected chi connectivity index (χ4v) is 0.920. The van der Waals surface area contributed by atoms with Crippen molar-refractivity contribution in [2.45, 2.75) is 6.92 Å². The average molecular weight is 168 g/mol. The van der Waals surface area contributed by atoms with Gasteiger partial charge in [0.05, 0.1) is 0 Å². The molecule has 2 heteroatoms. The van der Waals surface area contributed by atoms with Gasteiger partial charge >= 0.3 is 0 Å². The van der Waals surface area contributed by atoms with Crippen LogP contribution in [0.1, 0.15) is 12.5 Å². The molecule has 1 rings (SSSR count). The van der Waals surface area contributed by atoms with Crippen molar-refractivity contribution in [2.75, 3.05) is 0 Å². The quantitative estimate of drug-likeness (QED) is 0.588. The molecule has 0 heterocycles. The SMILES string of the molecule is C/C([O-])=C/c1ccc(Cl)cc1. The van der Waals surface area contributed by atoms with Crippen LogP contribution in [0.15, 0.2) is 30.0 Å². The lowest BCUT2D eigenvalue weighted by Crippen LogP contribution is -1.96. The highest BCUT2D eigenvalue weighted by Gasteiger charge is 1.85. The number of hydrogen-bond acceptors (Lipinski definition) is 1. The summed E-state index contributed by atoms with van der Waals surface area (Å²) in [7, 11) is 0. The molecule has 0 bridgehead atoms. The Kier molecular flexibility index (Phi) is 2.55. The second-order valence-corrected chi connectivity index (χ2v) is 2.74. The summed E-state index contributed by atoms with van der Waals surface area (Å²) in [6, 6.07) is 7.14. The molecule has 1 nitrogen and oxygen atoms in total. The van der Waals surface area contributed by atoms with Gasteiger partial charge in [-0.05, 0) is 17.7 Å². The van der Waals surface area contributed by atoms with Crippen LogP contribution >= 0.6 is 11.6 Å². The van der Waals surface area contributed by atoms with E-state index in [0.29, 0.717) is 5.02 Å². The predicted octanol–water partition coefficient (Wildman–Crippen LogP) is 2.06. The molecule has 0 radical (unpaired) electrons. The maximum absolute atomic E-state index is 10.6. The first-order chi connectivity index (χ1) is 5.18. The van der Waals surface area contributed by atoms with Gasteiger partial charge in [0.15, 0.2) is 0 Å². The Morgan fingerprint density at radius 2 is 1.91 bits per heavy atom. The molecular formula is C9H8ClO-. The van der Waals surface area contributed by atoms with Crippen molar-refractivity contribution < 1.29 is 5.11 Å². The lowest BCUT2D eigenvalue weighted by atomic mass is 10.2. The molecule has 0 aliphatic rings. The molecule has 11 heavy (non-hydrogen) atoms. The first-order valence-corrected chi connectivity index (χ1v) is 3.67. The molecule has 0 aromatic heterocycles. The first-order valence-electron chi connectivity index (χ1n) is 3.29.